The van der Waals surface area contributed by atoms with Gasteiger partial charge in [0, 0.05) is 20.6 Å². The van der Waals surface area contributed by atoms with Crippen LogP contribution in [0, 0.1) is 0 Å². The SMILES string of the molecule is Cn1c(=O)n(C)c2cc(CC(=O)NCCCc3ccccc3)ccc21. The number of carbonyl (C=O) groups excluding carboxylic acids is 1. The lowest BCUT2D eigenvalue weighted by Gasteiger charge is -2.06. The van der Waals surface area contributed by atoms with Crippen molar-refractivity contribution in [1.29, 1.82) is 0 Å². The minimum Gasteiger partial charge on any atom is -0.356 e. The number of rotatable bonds is 6. The highest BCUT2D eigenvalue weighted by molar-refractivity contribution is 5.82. The van der Waals surface area contributed by atoms with E-state index in [9.17, 15) is 9.59 Å². The van der Waals surface area contributed by atoms with Gasteiger partial charge in [-0.05, 0) is 36.1 Å². The molecular weight excluding hydrogens is 314 g/mol. The van der Waals surface area contributed by atoms with Crippen molar-refractivity contribution in [3.8, 4) is 0 Å². The molecule has 0 aliphatic carbocycles. The van der Waals surface area contributed by atoms with Crippen molar-refractivity contribution in [2.24, 2.45) is 14.1 Å². The predicted molar refractivity (Wildman–Crippen MR) is 99.6 cm³/mol. The number of aromatic nitrogens is 2. The van der Waals surface area contributed by atoms with Crippen LogP contribution in [-0.4, -0.2) is 21.6 Å². The van der Waals surface area contributed by atoms with Gasteiger partial charge in [-0.1, -0.05) is 36.4 Å². The third-order valence-electron chi connectivity index (χ3n) is 4.51. The Morgan fingerprint density at radius 3 is 2.44 bits per heavy atom. The molecule has 0 atom stereocenters. The van der Waals surface area contributed by atoms with E-state index in [1.165, 1.54) is 5.56 Å². The van der Waals surface area contributed by atoms with Crippen LogP contribution in [0.15, 0.2) is 53.3 Å². The summed E-state index contributed by atoms with van der Waals surface area (Å²) >= 11 is 0. The highest BCUT2D eigenvalue weighted by Gasteiger charge is 2.10. The molecule has 5 heteroatoms. The summed E-state index contributed by atoms with van der Waals surface area (Å²) in [5.74, 6) is 0.00772. The molecule has 130 valence electrons. The minimum atomic E-state index is -0.0579. The lowest BCUT2D eigenvalue weighted by atomic mass is 10.1. The Kier molecular flexibility index (Phi) is 5.03. The average Bonchev–Trinajstić information content (AvgIpc) is 2.84. The molecule has 0 saturated heterocycles. The molecule has 5 nitrogen and oxygen atoms in total. The first-order chi connectivity index (χ1) is 12.1. The lowest BCUT2D eigenvalue weighted by Crippen LogP contribution is -2.26. The number of aryl methyl sites for hydroxylation is 3. The molecule has 0 saturated carbocycles. The fourth-order valence-corrected chi connectivity index (χ4v) is 3.08. The average molecular weight is 337 g/mol. The second-order valence-electron chi connectivity index (χ2n) is 6.34. The van der Waals surface area contributed by atoms with Crippen molar-refractivity contribution in [2.75, 3.05) is 6.54 Å². The zero-order chi connectivity index (χ0) is 17.8. The van der Waals surface area contributed by atoms with E-state index < -0.39 is 0 Å². The number of hydrogen-bond acceptors (Lipinski definition) is 2. The summed E-state index contributed by atoms with van der Waals surface area (Å²) in [4.78, 5) is 24.1. The number of hydrogen-bond donors (Lipinski definition) is 1. The van der Waals surface area contributed by atoms with Crippen molar-refractivity contribution < 1.29 is 4.79 Å². The number of nitrogens with one attached hydrogen (secondary N) is 1. The maximum absolute atomic E-state index is 12.1. The Hall–Kier alpha value is -2.82. The third-order valence-corrected chi connectivity index (χ3v) is 4.51. The molecular formula is C20H23N3O2. The van der Waals surface area contributed by atoms with E-state index in [1.54, 1.807) is 23.2 Å². The van der Waals surface area contributed by atoms with Crippen LogP contribution in [0.1, 0.15) is 17.5 Å². The van der Waals surface area contributed by atoms with Gasteiger partial charge in [-0.15, -0.1) is 0 Å². The van der Waals surface area contributed by atoms with Crippen LogP contribution in [0.4, 0.5) is 0 Å². The van der Waals surface area contributed by atoms with Crippen LogP contribution in [0.5, 0.6) is 0 Å². The van der Waals surface area contributed by atoms with Gasteiger partial charge in [0.1, 0.15) is 0 Å². The van der Waals surface area contributed by atoms with E-state index in [-0.39, 0.29) is 11.6 Å². The summed E-state index contributed by atoms with van der Waals surface area (Å²) < 4.78 is 3.22. The van der Waals surface area contributed by atoms with Gasteiger partial charge in [0.25, 0.3) is 0 Å². The number of carbonyl (C=O) groups is 1. The van der Waals surface area contributed by atoms with Crippen molar-refractivity contribution in [2.45, 2.75) is 19.3 Å². The van der Waals surface area contributed by atoms with Crippen LogP contribution < -0.4 is 11.0 Å². The highest BCUT2D eigenvalue weighted by atomic mass is 16.2. The monoisotopic (exact) mass is 337 g/mol. The van der Waals surface area contributed by atoms with Crippen molar-refractivity contribution in [3.05, 3.63) is 70.1 Å². The number of fused-ring (bicyclic) bond motifs is 1. The molecule has 0 bridgehead atoms. The largest absolute Gasteiger partial charge is 0.356 e. The molecule has 1 N–H and O–H groups in total. The predicted octanol–water partition coefficient (Wildman–Crippen LogP) is 2.17. The maximum atomic E-state index is 12.1. The van der Waals surface area contributed by atoms with Gasteiger partial charge in [0.15, 0.2) is 0 Å². The van der Waals surface area contributed by atoms with E-state index in [2.05, 4.69) is 17.4 Å². The van der Waals surface area contributed by atoms with Gasteiger partial charge in [-0.3, -0.25) is 13.9 Å². The Labute approximate surface area is 146 Å². The van der Waals surface area contributed by atoms with Crippen molar-refractivity contribution >= 4 is 16.9 Å². The summed E-state index contributed by atoms with van der Waals surface area (Å²) in [6.45, 7) is 0.666. The molecule has 25 heavy (non-hydrogen) atoms. The van der Waals surface area contributed by atoms with Gasteiger partial charge < -0.3 is 5.32 Å². The Balaban J connectivity index is 1.55. The summed E-state index contributed by atoms with van der Waals surface area (Å²) in [6, 6.07) is 16.0. The molecule has 0 spiro atoms. The molecule has 0 aliphatic rings. The highest BCUT2D eigenvalue weighted by Crippen LogP contribution is 2.14. The number of nitrogens with zero attached hydrogens (tertiary/aromatic N) is 2. The lowest BCUT2D eigenvalue weighted by molar-refractivity contribution is -0.120. The molecule has 0 fully saturated rings. The third kappa shape index (κ3) is 3.82. The maximum Gasteiger partial charge on any atom is 0.328 e. The zero-order valence-electron chi connectivity index (χ0n) is 14.7. The molecule has 1 amide bonds. The van der Waals surface area contributed by atoms with Gasteiger partial charge in [0.05, 0.1) is 17.5 Å². The van der Waals surface area contributed by atoms with Crippen LogP contribution in [0.2, 0.25) is 0 Å². The van der Waals surface area contributed by atoms with Gasteiger partial charge in [-0.25, -0.2) is 4.79 Å². The summed E-state index contributed by atoms with van der Waals surface area (Å²) in [5, 5.41) is 2.97. The van der Waals surface area contributed by atoms with Crippen LogP contribution in [0.3, 0.4) is 0 Å². The van der Waals surface area contributed by atoms with E-state index in [1.807, 2.05) is 36.4 Å². The fourth-order valence-electron chi connectivity index (χ4n) is 3.08. The Morgan fingerprint density at radius 2 is 1.68 bits per heavy atom. The van der Waals surface area contributed by atoms with Crippen LogP contribution in [-0.2, 0) is 31.7 Å². The van der Waals surface area contributed by atoms with Crippen molar-refractivity contribution in [1.82, 2.24) is 14.5 Å². The van der Waals surface area contributed by atoms with Gasteiger partial charge >= 0.3 is 5.69 Å². The molecule has 0 unspecified atom stereocenters. The van der Waals surface area contributed by atoms with E-state index >= 15 is 0 Å². The standard InChI is InChI=1S/C20H23N3O2/c1-22-17-11-10-16(13-18(17)23(2)20(22)25)14-19(24)21-12-6-9-15-7-4-3-5-8-15/h3-5,7-8,10-11,13H,6,9,12,14H2,1-2H3,(H,21,24). The first-order valence-electron chi connectivity index (χ1n) is 8.51. The number of benzene rings is 2. The minimum absolute atomic E-state index is 0.00772. The summed E-state index contributed by atoms with van der Waals surface area (Å²) in [7, 11) is 3.50. The molecule has 2 aromatic carbocycles. The van der Waals surface area contributed by atoms with Crippen LogP contribution in [0.25, 0.3) is 11.0 Å². The van der Waals surface area contributed by atoms with E-state index in [4.69, 9.17) is 0 Å². The van der Waals surface area contributed by atoms with Crippen molar-refractivity contribution in [3.63, 3.8) is 0 Å². The normalized spacial score (nSPS) is 11.0. The first-order valence-corrected chi connectivity index (χ1v) is 8.51. The molecule has 0 aliphatic heterocycles. The molecule has 0 radical (unpaired) electrons. The number of amides is 1. The summed E-state index contributed by atoms with van der Waals surface area (Å²) in [6.07, 6.45) is 2.20. The Bertz CT molecular complexity index is 939. The smallest absolute Gasteiger partial charge is 0.328 e. The van der Waals surface area contributed by atoms with Gasteiger partial charge in [-0.2, -0.15) is 0 Å². The van der Waals surface area contributed by atoms with E-state index in [0.29, 0.717) is 13.0 Å². The quantitative estimate of drug-likeness (QED) is 0.701. The van der Waals surface area contributed by atoms with E-state index in [0.717, 1.165) is 29.4 Å². The topological polar surface area (TPSA) is 56.0 Å². The Morgan fingerprint density at radius 1 is 0.960 bits per heavy atom. The summed E-state index contributed by atoms with van der Waals surface area (Å²) in [5.41, 5.74) is 3.86. The molecule has 3 aromatic rings. The first kappa shape index (κ1) is 17.0. The molecule has 1 aromatic heterocycles. The fraction of sp³-hybridized carbons (Fsp3) is 0.300. The van der Waals surface area contributed by atoms with Crippen LogP contribution >= 0.6 is 0 Å². The number of imidazole rings is 1. The second kappa shape index (κ2) is 7.38. The zero-order valence-corrected chi connectivity index (χ0v) is 14.7. The molecule has 3 rings (SSSR count). The molecule has 1 heterocycles. The second-order valence-corrected chi connectivity index (χ2v) is 6.34. The van der Waals surface area contributed by atoms with Gasteiger partial charge in [0.2, 0.25) is 5.91 Å².